The summed E-state index contributed by atoms with van der Waals surface area (Å²) < 4.78 is 4.66. The van der Waals surface area contributed by atoms with Crippen LogP contribution in [0.4, 0.5) is 0 Å². The average Bonchev–Trinajstić information content (AvgIpc) is 2.89. The molecule has 1 heterocycles. The molecule has 0 saturated heterocycles. The first-order valence-electron chi connectivity index (χ1n) is 5.33. The summed E-state index contributed by atoms with van der Waals surface area (Å²) in [6, 6.07) is 13.7. The molecule has 0 unspecified atom stereocenters. The Morgan fingerprint density at radius 1 is 1.22 bits per heavy atom. The van der Waals surface area contributed by atoms with Crippen LogP contribution in [0.1, 0.15) is 9.67 Å². The second kappa shape index (κ2) is 7.60. The minimum Gasteiger partial charge on any atom is -0.465 e. The fourth-order valence-corrected chi connectivity index (χ4v) is 2.24. The van der Waals surface area contributed by atoms with Gasteiger partial charge in [-0.05, 0) is 24.7 Å². The minimum absolute atomic E-state index is 0.276. The van der Waals surface area contributed by atoms with Gasteiger partial charge in [-0.1, -0.05) is 30.3 Å². The quantitative estimate of drug-likeness (QED) is 0.496. The van der Waals surface area contributed by atoms with Crippen LogP contribution < -0.4 is 11.3 Å². The summed E-state index contributed by atoms with van der Waals surface area (Å²) in [5, 5.41) is 0. The van der Waals surface area contributed by atoms with Gasteiger partial charge in [0.25, 0.3) is 0 Å². The van der Waals surface area contributed by atoms with E-state index in [0.717, 1.165) is 10.4 Å². The summed E-state index contributed by atoms with van der Waals surface area (Å²) in [7, 11) is 3.05. The van der Waals surface area contributed by atoms with Crippen LogP contribution in [0.5, 0.6) is 0 Å². The SMILES string of the molecule is CNN.COC(=O)c1ccc(-c2ccccc2)s1. The Labute approximate surface area is 110 Å². The van der Waals surface area contributed by atoms with E-state index >= 15 is 0 Å². The zero-order valence-corrected chi connectivity index (χ0v) is 11.2. The number of benzene rings is 1. The number of rotatable bonds is 2. The Morgan fingerprint density at radius 2 is 1.83 bits per heavy atom. The summed E-state index contributed by atoms with van der Waals surface area (Å²) >= 11 is 1.44. The molecule has 5 heteroatoms. The largest absolute Gasteiger partial charge is 0.465 e. The molecular formula is C13H16N2O2S. The molecule has 0 spiro atoms. The zero-order valence-electron chi connectivity index (χ0n) is 10.3. The van der Waals surface area contributed by atoms with Crippen LogP contribution in [0.25, 0.3) is 10.4 Å². The Hall–Kier alpha value is -1.69. The van der Waals surface area contributed by atoms with E-state index in [0.29, 0.717) is 4.88 Å². The van der Waals surface area contributed by atoms with Crippen molar-refractivity contribution < 1.29 is 9.53 Å². The Bertz CT molecular complexity index is 483. The molecule has 0 aliphatic carbocycles. The highest BCUT2D eigenvalue weighted by molar-refractivity contribution is 7.17. The first-order valence-corrected chi connectivity index (χ1v) is 6.15. The molecule has 3 N–H and O–H groups in total. The van der Waals surface area contributed by atoms with Gasteiger partial charge in [-0.3, -0.25) is 11.3 Å². The van der Waals surface area contributed by atoms with Crippen LogP contribution in [0, 0.1) is 0 Å². The zero-order chi connectivity index (χ0) is 13.4. The molecule has 4 nitrogen and oxygen atoms in total. The van der Waals surface area contributed by atoms with Gasteiger partial charge in [-0.2, -0.15) is 0 Å². The number of esters is 1. The lowest BCUT2D eigenvalue weighted by Crippen LogP contribution is -2.13. The molecule has 0 aliphatic rings. The molecule has 18 heavy (non-hydrogen) atoms. The van der Waals surface area contributed by atoms with E-state index in [1.807, 2.05) is 36.4 Å². The molecule has 2 rings (SSSR count). The summed E-state index contributed by atoms with van der Waals surface area (Å²) in [6.45, 7) is 0. The fraction of sp³-hybridized carbons (Fsp3) is 0.154. The monoisotopic (exact) mass is 264 g/mol. The highest BCUT2D eigenvalue weighted by Gasteiger charge is 2.09. The second-order valence-corrected chi connectivity index (χ2v) is 4.39. The standard InChI is InChI=1S/C12H10O2S.CH6N2/c1-14-12(13)11-8-7-10(15-11)9-5-3-2-4-6-9;1-3-2/h2-8H,1H3;3H,2H2,1H3. The third kappa shape index (κ3) is 3.96. The molecule has 96 valence electrons. The van der Waals surface area contributed by atoms with Gasteiger partial charge in [0.05, 0.1) is 7.11 Å². The van der Waals surface area contributed by atoms with E-state index < -0.39 is 0 Å². The van der Waals surface area contributed by atoms with Crippen molar-refractivity contribution in [3.63, 3.8) is 0 Å². The van der Waals surface area contributed by atoms with Gasteiger partial charge >= 0.3 is 5.97 Å². The van der Waals surface area contributed by atoms with Crippen molar-refractivity contribution in [2.75, 3.05) is 14.2 Å². The number of nitrogens with one attached hydrogen (secondary N) is 1. The number of carbonyl (C=O) groups is 1. The first kappa shape index (κ1) is 14.4. The van der Waals surface area contributed by atoms with Crippen molar-refractivity contribution in [2.24, 2.45) is 5.84 Å². The molecule has 1 aromatic heterocycles. The summed E-state index contributed by atoms with van der Waals surface area (Å²) in [5.74, 6) is 4.32. The van der Waals surface area contributed by atoms with E-state index in [-0.39, 0.29) is 5.97 Å². The Kier molecular flexibility index (Phi) is 6.07. The van der Waals surface area contributed by atoms with Crippen molar-refractivity contribution >= 4 is 17.3 Å². The van der Waals surface area contributed by atoms with Crippen LogP contribution in [0.15, 0.2) is 42.5 Å². The molecule has 0 fully saturated rings. The number of ether oxygens (including phenoxy) is 1. The van der Waals surface area contributed by atoms with Crippen molar-refractivity contribution in [3.8, 4) is 10.4 Å². The van der Waals surface area contributed by atoms with E-state index in [2.05, 4.69) is 16.0 Å². The van der Waals surface area contributed by atoms with E-state index in [1.165, 1.54) is 18.4 Å². The maximum absolute atomic E-state index is 11.2. The number of thiophene rings is 1. The van der Waals surface area contributed by atoms with Crippen LogP contribution in [-0.2, 0) is 4.74 Å². The fourth-order valence-electron chi connectivity index (χ4n) is 1.31. The van der Waals surface area contributed by atoms with E-state index in [1.54, 1.807) is 13.1 Å². The normalized spacial score (nSPS) is 9.28. The van der Waals surface area contributed by atoms with Crippen LogP contribution in [-0.4, -0.2) is 20.1 Å². The molecule has 0 bridgehead atoms. The lowest BCUT2D eigenvalue weighted by atomic mass is 10.2. The highest BCUT2D eigenvalue weighted by Crippen LogP contribution is 2.27. The van der Waals surface area contributed by atoms with Gasteiger partial charge in [-0.25, -0.2) is 4.79 Å². The second-order valence-electron chi connectivity index (χ2n) is 3.31. The smallest absolute Gasteiger partial charge is 0.348 e. The van der Waals surface area contributed by atoms with Crippen molar-refractivity contribution in [3.05, 3.63) is 47.3 Å². The molecule has 0 radical (unpaired) electrons. The number of hydrogen-bond donors (Lipinski definition) is 2. The topological polar surface area (TPSA) is 64.3 Å². The van der Waals surface area contributed by atoms with Crippen molar-refractivity contribution in [2.45, 2.75) is 0 Å². The summed E-state index contributed by atoms with van der Waals surface area (Å²) in [4.78, 5) is 13.0. The molecule has 0 amide bonds. The van der Waals surface area contributed by atoms with E-state index in [4.69, 9.17) is 0 Å². The number of hydrazine groups is 1. The van der Waals surface area contributed by atoms with Gasteiger partial charge < -0.3 is 4.74 Å². The Balaban J connectivity index is 0.000000492. The third-order valence-corrected chi connectivity index (χ3v) is 3.17. The predicted molar refractivity (Wildman–Crippen MR) is 74.3 cm³/mol. The summed E-state index contributed by atoms with van der Waals surface area (Å²) in [5.41, 5.74) is 3.37. The van der Waals surface area contributed by atoms with Crippen LogP contribution >= 0.6 is 11.3 Å². The average molecular weight is 264 g/mol. The molecular weight excluding hydrogens is 248 g/mol. The first-order chi connectivity index (χ1) is 8.72. The lowest BCUT2D eigenvalue weighted by molar-refractivity contribution is 0.0606. The highest BCUT2D eigenvalue weighted by atomic mass is 32.1. The molecule has 2 aromatic rings. The lowest BCUT2D eigenvalue weighted by Gasteiger charge is -1.95. The van der Waals surface area contributed by atoms with Gasteiger partial charge in [0.1, 0.15) is 4.88 Å². The predicted octanol–water partition coefficient (Wildman–Crippen LogP) is 2.28. The third-order valence-electron chi connectivity index (χ3n) is 2.05. The van der Waals surface area contributed by atoms with Crippen molar-refractivity contribution in [1.82, 2.24) is 5.43 Å². The molecule has 0 aliphatic heterocycles. The molecule has 1 aromatic carbocycles. The maximum atomic E-state index is 11.2. The summed E-state index contributed by atoms with van der Waals surface area (Å²) in [6.07, 6.45) is 0. The van der Waals surface area contributed by atoms with Gasteiger partial charge in [0, 0.05) is 4.88 Å². The number of carbonyl (C=O) groups excluding carboxylic acids is 1. The Morgan fingerprint density at radius 3 is 2.39 bits per heavy atom. The minimum atomic E-state index is -0.276. The molecule has 0 saturated carbocycles. The number of methoxy groups -OCH3 is 1. The number of nitrogens with two attached hydrogens (primary N) is 1. The molecule has 0 atom stereocenters. The van der Waals surface area contributed by atoms with Crippen LogP contribution in [0.3, 0.4) is 0 Å². The van der Waals surface area contributed by atoms with Crippen LogP contribution in [0.2, 0.25) is 0 Å². The maximum Gasteiger partial charge on any atom is 0.348 e. The van der Waals surface area contributed by atoms with Crippen molar-refractivity contribution in [1.29, 1.82) is 0 Å². The number of hydrogen-bond acceptors (Lipinski definition) is 5. The van der Waals surface area contributed by atoms with Gasteiger partial charge in [-0.15, -0.1) is 11.3 Å². The van der Waals surface area contributed by atoms with E-state index in [9.17, 15) is 4.79 Å². The van der Waals surface area contributed by atoms with Gasteiger partial charge in [0.15, 0.2) is 0 Å². The van der Waals surface area contributed by atoms with Gasteiger partial charge in [0.2, 0.25) is 0 Å².